The molecular formula is C13H17N4O7P. The van der Waals surface area contributed by atoms with E-state index in [1.54, 1.807) is 12.3 Å². The van der Waals surface area contributed by atoms with E-state index in [2.05, 4.69) is 21.2 Å². The van der Waals surface area contributed by atoms with E-state index in [0.29, 0.717) is 11.0 Å². The van der Waals surface area contributed by atoms with Gasteiger partial charge in [0.2, 0.25) is 14.7 Å². The summed E-state index contributed by atoms with van der Waals surface area (Å²) in [5.41, 5.74) is 4.21. The Hall–Kier alpha value is -1.69. The van der Waals surface area contributed by atoms with Gasteiger partial charge in [-0.05, 0) is 6.07 Å². The zero-order chi connectivity index (χ0) is 18.2. The summed E-state index contributed by atoms with van der Waals surface area (Å²) in [6, 6.07) is 1.63. The van der Waals surface area contributed by atoms with Crippen molar-refractivity contribution in [3.05, 3.63) is 31.2 Å². The molecule has 3 heterocycles. The van der Waals surface area contributed by atoms with Crippen molar-refractivity contribution in [3.8, 4) is 0 Å². The van der Waals surface area contributed by atoms with Gasteiger partial charge < -0.3 is 35.3 Å². The molecule has 1 saturated heterocycles. The minimum atomic E-state index is -2.25. The van der Waals surface area contributed by atoms with E-state index in [9.17, 15) is 15.1 Å². The minimum Gasteiger partial charge on any atom is -0.387 e. The number of hydrogen-bond acceptors (Lipinski definition) is 10. The molecule has 2 unspecified atom stereocenters. The first-order chi connectivity index (χ1) is 11.9. The van der Waals surface area contributed by atoms with Gasteiger partial charge in [-0.3, -0.25) is 0 Å². The highest BCUT2D eigenvalue weighted by molar-refractivity contribution is 7.45. The van der Waals surface area contributed by atoms with E-state index in [0.717, 1.165) is 6.08 Å². The second kappa shape index (κ2) is 6.90. The van der Waals surface area contributed by atoms with E-state index < -0.39 is 38.9 Å². The molecule has 0 radical (unpaired) electrons. The summed E-state index contributed by atoms with van der Waals surface area (Å²) in [6.07, 6.45) is -0.954. The molecule has 25 heavy (non-hydrogen) atoms. The van der Waals surface area contributed by atoms with Crippen molar-refractivity contribution in [2.24, 2.45) is 0 Å². The Morgan fingerprint density at radius 1 is 1.52 bits per heavy atom. The first-order valence-electron chi connectivity index (χ1n) is 7.09. The highest BCUT2D eigenvalue weighted by atomic mass is 31.2. The average Bonchev–Trinajstić information content (AvgIpc) is 3.14. The summed E-state index contributed by atoms with van der Waals surface area (Å²) in [6.45, 7) is 3.53. The molecule has 11 nitrogen and oxygen atoms in total. The van der Waals surface area contributed by atoms with Gasteiger partial charge in [0.1, 0.15) is 30.2 Å². The summed E-state index contributed by atoms with van der Waals surface area (Å²) < 4.78 is 11.5. The molecule has 2 aromatic rings. The Balaban J connectivity index is 1.93. The largest absolute Gasteiger partial charge is 0.387 e. The summed E-state index contributed by atoms with van der Waals surface area (Å²) in [5.74, 6) is 0.245. The van der Waals surface area contributed by atoms with Crippen LogP contribution in [0.4, 0.5) is 5.82 Å². The van der Waals surface area contributed by atoms with Crippen LogP contribution in [0.25, 0.3) is 11.0 Å². The smallest absolute Gasteiger partial charge is 0.232 e. The van der Waals surface area contributed by atoms with Crippen molar-refractivity contribution in [2.75, 3.05) is 12.1 Å². The maximum Gasteiger partial charge on any atom is 0.232 e. The third-order valence-corrected chi connectivity index (χ3v) is 4.35. The molecule has 0 spiro atoms. The van der Waals surface area contributed by atoms with Crippen molar-refractivity contribution in [1.29, 1.82) is 0 Å². The average molecular weight is 372 g/mol. The zero-order valence-corrected chi connectivity index (χ0v) is 13.7. The SMILES string of the molecule is C=CC1(O)[C@@H](O)[C@@H](OOP(O)CO)O[C@H]1n1ccc2c(N)ncnc21. The van der Waals surface area contributed by atoms with Crippen LogP contribution in [0.2, 0.25) is 0 Å². The van der Waals surface area contributed by atoms with Gasteiger partial charge in [0, 0.05) is 6.20 Å². The Labute approximate surface area is 142 Å². The molecule has 1 aliphatic rings. The molecule has 1 aliphatic heterocycles. The molecule has 12 heteroatoms. The quantitative estimate of drug-likeness (QED) is 0.190. The van der Waals surface area contributed by atoms with Gasteiger partial charge >= 0.3 is 0 Å². The highest BCUT2D eigenvalue weighted by Crippen LogP contribution is 2.43. The summed E-state index contributed by atoms with van der Waals surface area (Å²) in [4.78, 5) is 22.0. The first-order valence-corrected chi connectivity index (χ1v) is 8.49. The molecule has 0 aromatic carbocycles. The molecular weight excluding hydrogens is 355 g/mol. The van der Waals surface area contributed by atoms with Crippen LogP contribution in [0.15, 0.2) is 31.2 Å². The van der Waals surface area contributed by atoms with E-state index in [1.807, 2.05) is 0 Å². The van der Waals surface area contributed by atoms with Crippen molar-refractivity contribution in [1.82, 2.24) is 14.5 Å². The lowest BCUT2D eigenvalue weighted by Crippen LogP contribution is -2.45. The topological polar surface area (TPSA) is 165 Å². The number of nitrogens with zero attached hydrogens (tertiary/aromatic N) is 3. The fourth-order valence-corrected chi connectivity index (χ4v) is 2.79. The number of anilines is 1. The van der Waals surface area contributed by atoms with Crippen LogP contribution < -0.4 is 5.73 Å². The van der Waals surface area contributed by atoms with Crippen LogP contribution >= 0.6 is 8.38 Å². The number of hydrogen-bond donors (Lipinski definition) is 5. The molecule has 5 atom stereocenters. The van der Waals surface area contributed by atoms with Crippen LogP contribution in [0.1, 0.15) is 6.23 Å². The van der Waals surface area contributed by atoms with Crippen molar-refractivity contribution in [3.63, 3.8) is 0 Å². The summed E-state index contributed by atoms with van der Waals surface area (Å²) >= 11 is 0. The van der Waals surface area contributed by atoms with E-state index in [-0.39, 0.29) is 5.82 Å². The first kappa shape index (κ1) is 18.1. The second-order valence-electron chi connectivity index (χ2n) is 5.28. The summed E-state index contributed by atoms with van der Waals surface area (Å²) in [7, 11) is -2.25. The Bertz CT molecular complexity index is 774. The summed E-state index contributed by atoms with van der Waals surface area (Å²) in [5, 5.41) is 30.4. The third kappa shape index (κ3) is 3.01. The Morgan fingerprint density at radius 3 is 2.96 bits per heavy atom. The molecule has 0 aliphatic carbocycles. The maximum atomic E-state index is 10.8. The molecule has 6 N–H and O–H groups in total. The number of nitrogens with two attached hydrogens (primary N) is 1. The maximum absolute atomic E-state index is 10.8. The van der Waals surface area contributed by atoms with E-state index >= 15 is 0 Å². The fourth-order valence-electron chi connectivity index (χ4n) is 2.56. The lowest BCUT2D eigenvalue weighted by molar-refractivity contribution is -0.332. The fraction of sp³-hybridized carbons (Fsp3) is 0.385. The number of aromatic nitrogens is 3. The monoisotopic (exact) mass is 372 g/mol. The van der Waals surface area contributed by atoms with Gasteiger partial charge in [-0.25, -0.2) is 9.97 Å². The predicted octanol–water partition coefficient (Wildman–Crippen LogP) is -0.651. The molecule has 1 fully saturated rings. The van der Waals surface area contributed by atoms with Crippen LogP contribution in [0.5, 0.6) is 0 Å². The normalized spacial score (nSPS) is 30.6. The number of ether oxygens (including phenoxy) is 1. The van der Waals surface area contributed by atoms with Crippen molar-refractivity contribution >= 4 is 25.2 Å². The number of aliphatic hydroxyl groups is 3. The Morgan fingerprint density at radius 2 is 2.28 bits per heavy atom. The lowest BCUT2D eigenvalue weighted by Gasteiger charge is -2.28. The molecule has 0 bridgehead atoms. The predicted molar refractivity (Wildman–Crippen MR) is 85.4 cm³/mol. The molecule has 2 aromatic heterocycles. The molecule has 0 saturated carbocycles. The van der Waals surface area contributed by atoms with E-state index in [1.165, 1.54) is 10.9 Å². The van der Waals surface area contributed by atoms with Gasteiger partial charge in [0.25, 0.3) is 0 Å². The van der Waals surface area contributed by atoms with Gasteiger partial charge in [-0.15, -0.1) is 0 Å². The van der Waals surface area contributed by atoms with Gasteiger partial charge in [0.05, 0.1) is 5.39 Å². The van der Waals surface area contributed by atoms with Crippen LogP contribution in [-0.2, 0) is 14.3 Å². The van der Waals surface area contributed by atoms with Gasteiger partial charge in [-0.1, -0.05) is 12.7 Å². The second-order valence-corrected chi connectivity index (χ2v) is 6.41. The van der Waals surface area contributed by atoms with Crippen LogP contribution in [-0.4, -0.2) is 59.1 Å². The standard InChI is InChI=1S/C13H17N4O7P/c1-2-13(20)8(19)11(23-24-25(21)6-18)22-12(13)17-4-3-7-9(14)15-5-16-10(7)17/h2-5,8,11-12,18-21H,1,6H2,(H2,14,15,16)/t8-,11+,12+,13?,25?/m0/s1. The molecule has 3 rings (SSSR count). The minimum absolute atomic E-state index is 0.245. The third-order valence-electron chi connectivity index (χ3n) is 3.85. The lowest BCUT2D eigenvalue weighted by atomic mass is 9.97. The van der Waals surface area contributed by atoms with Crippen LogP contribution in [0.3, 0.4) is 0 Å². The Kier molecular flexibility index (Phi) is 5.00. The molecule has 0 amide bonds. The number of fused-ring (bicyclic) bond motifs is 1. The van der Waals surface area contributed by atoms with Gasteiger partial charge in [-0.2, -0.15) is 9.56 Å². The van der Waals surface area contributed by atoms with Crippen molar-refractivity contribution < 1.29 is 34.5 Å². The highest BCUT2D eigenvalue weighted by Gasteiger charge is 2.56. The van der Waals surface area contributed by atoms with Crippen molar-refractivity contribution in [2.45, 2.75) is 24.2 Å². The van der Waals surface area contributed by atoms with E-state index in [4.69, 9.17) is 20.5 Å². The molecule has 136 valence electrons. The number of nitrogen functional groups attached to an aromatic ring is 1. The number of rotatable bonds is 6. The zero-order valence-electron chi connectivity index (χ0n) is 12.8. The van der Waals surface area contributed by atoms with Crippen LogP contribution in [0, 0.1) is 0 Å². The number of aliphatic hydroxyl groups excluding tert-OH is 2. The van der Waals surface area contributed by atoms with Gasteiger partial charge in [0.15, 0.2) is 11.8 Å².